The van der Waals surface area contributed by atoms with E-state index in [1.54, 1.807) is 0 Å². The zero-order valence-electron chi connectivity index (χ0n) is 8.04. The van der Waals surface area contributed by atoms with Crippen LogP contribution in [0.2, 0.25) is 0 Å². The van der Waals surface area contributed by atoms with Crippen molar-refractivity contribution in [2.45, 2.75) is 6.92 Å². The Morgan fingerprint density at radius 2 is 2.40 bits per heavy atom. The molecule has 0 bridgehead atoms. The highest BCUT2D eigenvalue weighted by Gasteiger charge is 2.06. The van der Waals surface area contributed by atoms with Crippen LogP contribution in [0.25, 0.3) is 17.4 Å². The Morgan fingerprint density at radius 3 is 3.07 bits per heavy atom. The molecule has 2 rings (SSSR count). The van der Waals surface area contributed by atoms with E-state index in [0.29, 0.717) is 11.2 Å². The van der Waals surface area contributed by atoms with E-state index >= 15 is 0 Å². The highest BCUT2D eigenvalue weighted by Crippen LogP contribution is 2.13. The molecule has 0 atom stereocenters. The standard InChI is InChI=1S/C9H8N4O2/c1-3-13-9-7(4-11-13)12-8(5-10-9)15-6(2)14/h3-5H,1H2,2H3. The van der Waals surface area contributed by atoms with Crippen molar-refractivity contribution in [1.29, 1.82) is 0 Å². The van der Waals surface area contributed by atoms with Gasteiger partial charge in [-0.1, -0.05) is 6.58 Å². The summed E-state index contributed by atoms with van der Waals surface area (Å²) < 4.78 is 6.28. The van der Waals surface area contributed by atoms with E-state index in [1.807, 2.05) is 0 Å². The van der Waals surface area contributed by atoms with Crippen LogP contribution in [0.15, 0.2) is 19.0 Å². The molecule has 76 valence electrons. The summed E-state index contributed by atoms with van der Waals surface area (Å²) in [6.45, 7) is 4.88. The van der Waals surface area contributed by atoms with Gasteiger partial charge in [0.25, 0.3) is 0 Å². The van der Waals surface area contributed by atoms with Gasteiger partial charge in [-0.2, -0.15) is 5.10 Å². The fourth-order valence-corrected chi connectivity index (χ4v) is 1.14. The van der Waals surface area contributed by atoms with E-state index in [1.165, 1.54) is 30.2 Å². The molecular formula is C9H8N4O2. The molecule has 0 amide bonds. The first-order valence-electron chi connectivity index (χ1n) is 4.22. The number of carbonyl (C=O) groups is 1. The molecule has 0 aromatic carbocycles. The Kier molecular flexibility index (Phi) is 2.17. The van der Waals surface area contributed by atoms with E-state index in [4.69, 9.17) is 4.74 Å². The van der Waals surface area contributed by atoms with Gasteiger partial charge in [-0.25, -0.2) is 14.6 Å². The lowest BCUT2D eigenvalue weighted by atomic mass is 10.5. The fraction of sp³-hybridized carbons (Fsp3) is 0.111. The number of rotatable bonds is 2. The van der Waals surface area contributed by atoms with Crippen LogP contribution in [0.1, 0.15) is 6.92 Å². The monoisotopic (exact) mass is 204 g/mol. The van der Waals surface area contributed by atoms with E-state index in [-0.39, 0.29) is 5.88 Å². The van der Waals surface area contributed by atoms with Crippen LogP contribution in [0, 0.1) is 0 Å². The van der Waals surface area contributed by atoms with Crippen molar-refractivity contribution >= 4 is 23.3 Å². The third-order valence-corrected chi connectivity index (χ3v) is 1.70. The molecule has 0 saturated heterocycles. The van der Waals surface area contributed by atoms with Gasteiger partial charge in [-0.3, -0.25) is 4.79 Å². The first-order chi connectivity index (χ1) is 7.20. The molecule has 0 unspecified atom stereocenters. The first-order valence-corrected chi connectivity index (χ1v) is 4.22. The minimum atomic E-state index is -0.431. The predicted octanol–water partition coefficient (Wildman–Crippen LogP) is 0.852. The second-order valence-corrected chi connectivity index (χ2v) is 2.78. The van der Waals surface area contributed by atoms with Gasteiger partial charge in [0.05, 0.1) is 12.4 Å². The number of esters is 1. The van der Waals surface area contributed by atoms with Gasteiger partial charge in [-0.05, 0) is 0 Å². The highest BCUT2D eigenvalue weighted by atomic mass is 16.5. The van der Waals surface area contributed by atoms with Gasteiger partial charge in [-0.15, -0.1) is 0 Å². The third-order valence-electron chi connectivity index (χ3n) is 1.70. The molecule has 0 radical (unpaired) electrons. The quantitative estimate of drug-likeness (QED) is 0.678. The predicted molar refractivity (Wildman–Crippen MR) is 53.0 cm³/mol. The Morgan fingerprint density at radius 1 is 1.60 bits per heavy atom. The van der Waals surface area contributed by atoms with Crippen molar-refractivity contribution in [3.63, 3.8) is 0 Å². The van der Waals surface area contributed by atoms with E-state index in [2.05, 4.69) is 21.6 Å². The van der Waals surface area contributed by atoms with Crippen LogP contribution in [-0.2, 0) is 4.79 Å². The number of ether oxygens (including phenoxy) is 1. The van der Waals surface area contributed by atoms with Crippen LogP contribution in [0.3, 0.4) is 0 Å². The smallest absolute Gasteiger partial charge is 0.309 e. The van der Waals surface area contributed by atoms with Crippen LogP contribution in [0.5, 0.6) is 5.88 Å². The number of fused-ring (bicyclic) bond motifs is 1. The Hall–Kier alpha value is -2.24. The fourth-order valence-electron chi connectivity index (χ4n) is 1.14. The molecule has 2 aromatic rings. The molecule has 6 heteroatoms. The summed E-state index contributed by atoms with van der Waals surface area (Å²) in [4.78, 5) is 18.8. The van der Waals surface area contributed by atoms with Crippen molar-refractivity contribution in [1.82, 2.24) is 19.7 Å². The van der Waals surface area contributed by atoms with Crippen LogP contribution in [-0.4, -0.2) is 25.7 Å². The topological polar surface area (TPSA) is 69.9 Å². The zero-order valence-corrected chi connectivity index (χ0v) is 8.04. The molecule has 0 aliphatic heterocycles. The van der Waals surface area contributed by atoms with Gasteiger partial charge in [0.2, 0.25) is 5.88 Å². The lowest BCUT2D eigenvalue weighted by molar-refractivity contribution is -0.132. The maximum atomic E-state index is 10.7. The summed E-state index contributed by atoms with van der Waals surface area (Å²) in [5.74, 6) is -0.265. The Labute approximate surface area is 85.2 Å². The first kappa shape index (κ1) is 9.32. The number of hydrogen-bond donors (Lipinski definition) is 0. The molecule has 0 aliphatic rings. The van der Waals surface area contributed by atoms with Crippen molar-refractivity contribution in [3.8, 4) is 5.88 Å². The van der Waals surface area contributed by atoms with Crippen molar-refractivity contribution in [2.75, 3.05) is 0 Å². The number of hydrogen-bond acceptors (Lipinski definition) is 5. The maximum absolute atomic E-state index is 10.7. The molecule has 2 heterocycles. The summed E-state index contributed by atoms with van der Waals surface area (Å²) >= 11 is 0. The SMILES string of the molecule is C=Cn1ncc2nc(OC(C)=O)cnc21. The molecule has 0 spiro atoms. The zero-order chi connectivity index (χ0) is 10.8. The van der Waals surface area contributed by atoms with Crippen LogP contribution >= 0.6 is 0 Å². The molecule has 0 fully saturated rings. The molecule has 0 N–H and O–H groups in total. The molecule has 6 nitrogen and oxygen atoms in total. The summed E-state index contributed by atoms with van der Waals surface area (Å²) in [5, 5.41) is 3.97. The third kappa shape index (κ3) is 1.69. The summed E-state index contributed by atoms with van der Waals surface area (Å²) in [6, 6.07) is 0. The normalized spacial score (nSPS) is 10.2. The molecule has 15 heavy (non-hydrogen) atoms. The minimum absolute atomic E-state index is 0.165. The molecule has 0 saturated carbocycles. The summed E-state index contributed by atoms with van der Waals surface area (Å²) in [5.41, 5.74) is 1.12. The van der Waals surface area contributed by atoms with Gasteiger partial charge < -0.3 is 4.74 Å². The van der Waals surface area contributed by atoms with Crippen molar-refractivity contribution in [2.24, 2.45) is 0 Å². The van der Waals surface area contributed by atoms with Gasteiger partial charge in [0, 0.05) is 13.1 Å². The van der Waals surface area contributed by atoms with Gasteiger partial charge >= 0.3 is 5.97 Å². The Balaban J connectivity index is 2.48. The van der Waals surface area contributed by atoms with Crippen molar-refractivity contribution in [3.05, 3.63) is 19.0 Å². The van der Waals surface area contributed by atoms with E-state index in [0.717, 1.165) is 0 Å². The van der Waals surface area contributed by atoms with E-state index in [9.17, 15) is 4.79 Å². The van der Waals surface area contributed by atoms with Crippen LogP contribution < -0.4 is 4.74 Å². The largest absolute Gasteiger partial charge is 0.406 e. The minimum Gasteiger partial charge on any atom is -0.406 e. The highest BCUT2D eigenvalue weighted by molar-refractivity contribution is 5.73. The second kappa shape index (κ2) is 3.49. The number of aromatic nitrogens is 4. The van der Waals surface area contributed by atoms with Gasteiger partial charge in [0.1, 0.15) is 5.52 Å². The lowest BCUT2D eigenvalue weighted by Gasteiger charge is -1.98. The van der Waals surface area contributed by atoms with Gasteiger partial charge in [0.15, 0.2) is 5.65 Å². The number of carbonyl (C=O) groups excluding carboxylic acids is 1. The Bertz CT molecular complexity index is 532. The maximum Gasteiger partial charge on any atom is 0.309 e. The summed E-state index contributed by atoms with van der Waals surface area (Å²) in [6.07, 6.45) is 4.41. The number of nitrogens with zero attached hydrogens (tertiary/aromatic N) is 4. The second-order valence-electron chi connectivity index (χ2n) is 2.78. The summed E-state index contributed by atoms with van der Waals surface area (Å²) in [7, 11) is 0. The average molecular weight is 204 g/mol. The molecule has 0 aliphatic carbocycles. The lowest BCUT2D eigenvalue weighted by Crippen LogP contribution is -2.03. The van der Waals surface area contributed by atoms with Crippen LogP contribution in [0.4, 0.5) is 0 Å². The molecule has 2 aromatic heterocycles. The van der Waals surface area contributed by atoms with Crippen molar-refractivity contribution < 1.29 is 9.53 Å². The average Bonchev–Trinajstić information content (AvgIpc) is 2.58. The molecular weight excluding hydrogens is 196 g/mol. The van der Waals surface area contributed by atoms with E-state index < -0.39 is 5.97 Å².